The molecule has 1 nitrogen and oxygen atoms in total. The highest BCUT2D eigenvalue weighted by molar-refractivity contribution is 6.91. The molecule has 1 aromatic carbocycles. The standard InChI is InChI=1S/C20H32OSi/c1-6-21-14-17-18-12-15(20(18,2)3)13-19(17)22(4,5)16-10-8-7-9-11-16/h7-11,15,17-19H,6,12-14H2,1-5H3. The molecule has 3 aliphatic rings. The second kappa shape index (κ2) is 5.79. The van der Waals surface area contributed by atoms with E-state index in [1.54, 1.807) is 5.19 Å². The zero-order valence-corrected chi connectivity index (χ0v) is 15.9. The lowest BCUT2D eigenvalue weighted by atomic mass is 9.45. The van der Waals surface area contributed by atoms with Gasteiger partial charge in [0.15, 0.2) is 0 Å². The van der Waals surface area contributed by atoms with Crippen LogP contribution in [0.2, 0.25) is 18.6 Å². The van der Waals surface area contributed by atoms with Crippen LogP contribution in [-0.2, 0) is 4.74 Å². The van der Waals surface area contributed by atoms with Crippen LogP contribution in [0.25, 0.3) is 0 Å². The summed E-state index contributed by atoms with van der Waals surface area (Å²) in [6.07, 6.45) is 2.87. The maximum atomic E-state index is 5.94. The minimum atomic E-state index is -1.45. The predicted octanol–water partition coefficient (Wildman–Crippen LogP) is 4.69. The average molecular weight is 317 g/mol. The van der Waals surface area contributed by atoms with Crippen molar-refractivity contribution >= 4 is 13.3 Å². The van der Waals surface area contributed by atoms with Gasteiger partial charge in [0, 0.05) is 13.2 Å². The predicted molar refractivity (Wildman–Crippen MR) is 97.3 cm³/mol. The summed E-state index contributed by atoms with van der Waals surface area (Å²) in [7, 11) is -1.45. The highest BCUT2D eigenvalue weighted by Gasteiger charge is 2.60. The summed E-state index contributed by atoms with van der Waals surface area (Å²) in [4.78, 5) is 0. The molecule has 2 heteroatoms. The topological polar surface area (TPSA) is 9.23 Å². The van der Waals surface area contributed by atoms with Gasteiger partial charge in [-0.3, -0.25) is 0 Å². The van der Waals surface area contributed by atoms with Gasteiger partial charge in [0.2, 0.25) is 0 Å². The molecule has 4 atom stereocenters. The normalized spacial score (nSPS) is 33.3. The Morgan fingerprint density at radius 2 is 1.82 bits per heavy atom. The summed E-state index contributed by atoms with van der Waals surface area (Å²) in [5.74, 6) is 2.58. The van der Waals surface area contributed by atoms with Crippen LogP contribution >= 0.6 is 0 Å². The fourth-order valence-corrected chi connectivity index (χ4v) is 9.09. The van der Waals surface area contributed by atoms with Crippen molar-refractivity contribution in [2.75, 3.05) is 13.2 Å². The molecule has 3 saturated carbocycles. The smallest absolute Gasteiger partial charge is 0.0840 e. The molecule has 0 spiro atoms. The summed E-state index contributed by atoms with van der Waals surface area (Å²) in [6.45, 7) is 14.1. The van der Waals surface area contributed by atoms with Gasteiger partial charge in [-0.1, -0.05) is 62.5 Å². The minimum Gasteiger partial charge on any atom is -0.381 e. The number of rotatable bonds is 5. The number of benzene rings is 1. The van der Waals surface area contributed by atoms with Crippen LogP contribution in [0.3, 0.4) is 0 Å². The third-order valence-electron chi connectivity index (χ3n) is 7.08. The molecule has 3 aliphatic carbocycles. The number of ether oxygens (including phenoxy) is 1. The maximum absolute atomic E-state index is 5.94. The first-order chi connectivity index (χ1) is 10.4. The van der Waals surface area contributed by atoms with Crippen LogP contribution in [0.15, 0.2) is 30.3 Å². The Bertz CT molecular complexity index is 508. The van der Waals surface area contributed by atoms with Gasteiger partial charge in [0.25, 0.3) is 0 Å². The molecule has 0 aromatic heterocycles. The first-order valence-electron chi connectivity index (χ1n) is 9.02. The van der Waals surface area contributed by atoms with E-state index in [0.29, 0.717) is 5.41 Å². The Morgan fingerprint density at radius 3 is 2.41 bits per heavy atom. The molecule has 122 valence electrons. The van der Waals surface area contributed by atoms with Crippen molar-refractivity contribution in [3.05, 3.63) is 30.3 Å². The van der Waals surface area contributed by atoms with Gasteiger partial charge in [-0.25, -0.2) is 0 Å². The molecule has 0 saturated heterocycles. The lowest BCUT2D eigenvalue weighted by Crippen LogP contribution is -2.62. The Kier molecular flexibility index (Phi) is 4.28. The molecule has 0 aliphatic heterocycles. The van der Waals surface area contributed by atoms with Crippen LogP contribution in [0.1, 0.15) is 33.6 Å². The molecule has 4 rings (SSSR count). The fraction of sp³-hybridized carbons (Fsp3) is 0.700. The van der Waals surface area contributed by atoms with Gasteiger partial charge in [-0.2, -0.15) is 0 Å². The van der Waals surface area contributed by atoms with Crippen LogP contribution < -0.4 is 5.19 Å². The minimum absolute atomic E-state index is 0.541. The van der Waals surface area contributed by atoms with Crippen molar-refractivity contribution in [1.29, 1.82) is 0 Å². The van der Waals surface area contributed by atoms with Gasteiger partial charge in [-0.05, 0) is 48.5 Å². The number of hydrogen-bond acceptors (Lipinski definition) is 1. The number of fused-ring (bicyclic) bond motifs is 2. The van der Waals surface area contributed by atoms with Gasteiger partial charge in [0.05, 0.1) is 8.07 Å². The van der Waals surface area contributed by atoms with E-state index in [2.05, 4.69) is 64.2 Å². The summed E-state index contributed by atoms with van der Waals surface area (Å²) in [5.41, 5.74) is 1.41. The molecular formula is C20H32OSi. The Morgan fingerprint density at radius 1 is 1.14 bits per heavy atom. The van der Waals surface area contributed by atoms with Crippen molar-refractivity contribution < 1.29 is 4.74 Å². The van der Waals surface area contributed by atoms with E-state index < -0.39 is 8.07 Å². The monoisotopic (exact) mass is 316 g/mol. The molecule has 0 amide bonds. The summed E-state index contributed by atoms with van der Waals surface area (Å²) >= 11 is 0. The largest absolute Gasteiger partial charge is 0.381 e. The zero-order valence-electron chi connectivity index (χ0n) is 14.9. The highest BCUT2D eigenvalue weighted by atomic mass is 28.3. The molecule has 1 aromatic rings. The maximum Gasteiger partial charge on any atom is 0.0840 e. The molecule has 3 fully saturated rings. The fourth-order valence-electron chi connectivity index (χ4n) is 5.34. The third-order valence-corrected chi connectivity index (χ3v) is 11.4. The van der Waals surface area contributed by atoms with E-state index in [1.807, 2.05) is 0 Å². The number of hydrogen-bond donors (Lipinski definition) is 0. The van der Waals surface area contributed by atoms with Crippen molar-refractivity contribution in [2.45, 2.75) is 52.2 Å². The summed E-state index contributed by atoms with van der Waals surface area (Å²) < 4.78 is 5.94. The van der Waals surface area contributed by atoms with Gasteiger partial charge in [-0.15, -0.1) is 0 Å². The Hall–Kier alpha value is -0.603. The molecule has 0 N–H and O–H groups in total. The van der Waals surface area contributed by atoms with Crippen molar-refractivity contribution in [3.8, 4) is 0 Å². The first kappa shape index (κ1) is 16.3. The zero-order chi connectivity index (χ0) is 16.0. The lowest BCUT2D eigenvalue weighted by molar-refractivity contribution is -0.123. The molecule has 4 unspecified atom stereocenters. The summed E-state index contributed by atoms with van der Waals surface area (Å²) in [5, 5.41) is 1.63. The van der Waals surface area contributed by atoms with E-state index in [0.717, 1.165) is 36.5 Å². The van der Waals surface area contributed by atoms with Gasteiger partial charge >= 0.3 is 0 Å². The second-order valence-electron chi connectivity index (χ2n) is 8.61. The third kappa shape index (κ3) is 2.49. The molecular weight excluding hydrogens is 284 g/mol. The highest BCUT2D eigenvalue weighted by Crippen LogP contribution is 2.66. The van der Waals surface area contributed by atoms with E-state index in [1.165, 1.54) is 12.8 Å². The molecule has 0 radical (unpaired) electrons. The van der Waals surface area contributed by atoms with E-state index in [4.69, 9.17) is 4.74 Å². The molecule has 2 bridgehead atoms. The SMILES string of the molecule is CCOCC1C2CC(CC1[Si](C)(C)c1ccccc1)C2(C)C. The second-order valence-corrected chi connectivity index (χ2v) is 13.4. The van der Waals surface area contributed by atoms with Crippen molar-refractivity contribution in [3.63, 3.8) is 0 Å². The van der Waals surface area contributed by atoms with Gasteiger partial charge in [0.1, 0.15) is 0 Å². The van der Waals surface area contributed by atoms with Crippen LogP contribution in [0.4, 0.5) is 0 Å². The van der Waals surface area contributed by atoms with E-state index in [-0.39, 0.29) is 0 Å². The molecule has 22 heavy (non-hydrogen) atoms. The Balaban J connectivity index is 1.88. The average Bonchev–Trinajstić information content (AvgIpc) is 2.53. The van der Waals surface area contributed by atoms with Crippen molar-refractivity contribution in [2.24, 2.45) is 23.2 Å². The quantitative estimate of drug-likeness (QED) is 0.716. The first-order valence-corrected chi connectivity index (χ1v) is 12.1. The van der Waals surface area contributed by atoms with Crippen LogP contribution in [0.5, 0.6) is 0 Å². The van der Waals surface area contributed by atoms with Crippen molar-refractivity contribution in [1.82, 2.24) is 0 Å². The van der Waals surface area contributed by atoms with E-state index in [9.17, 15) is 0 Å². The summed E-state index contributed by atoms with van der Waals surface area (Å²) in [6, 6.07) is 11.3. The van der Waals surface area contributed by atoms with Crippen LogP contribution in [0, 0.1) is 23.2 Å². The van der Waals surface area contributed by atoms with E-state index >= 15 is 0 Å². The Labute approximate surface area is 137 Å². The van der Waals surface area contributed by atoms with Crippen LogP contribution in [-0.4, -0.2) is 21.3 Å². The lowest BCUT2D eigenvalue weighted by Gasteiger charge is -2.64. The molecule has 0 heterocycles. The van der Waals surface area contributed by atoms with Gasteiger partial charge < -0.3 is 4.74 Å².